The first kappa shape index (κ1) is 33.0. The van der Waals surface area contributed by atoms with Crippen LogP contribution in [0.15, 0.2) is 121 Å². The number of benzene rings is 4. The number of aromatic nitrogens is 1. The van der Waals surface area contributed by atoms with Gasteiger partial charge < -0.3 is 10.6 Å². The first-order valence-corrected chi connectivity index (χ1v) is 20.9. The van der Waals surface area contributed by atoms with E-state index in [1.807, 2.05) is 24.3 Å². The molecular weight excluding hydrogens is 649 g/mol. The molecule has 6 heteroatoms. The molecule has 1 atom stereocenters. The van der Waals surface area contributed by atoms with E-state index in [9.17, 15) is 0 Å². The van der Waals surface area contributed by atoms with Crippen molar-refractivity contribution in [3.05, 3.63) is 160 Å². The summed E-state index contributed by atoms with van der Waals surface area (Å²) in [5.74, 6) is 0.818. The Balaban J connectivity index is 0.00000135. The van der Waals surface area contributed by atoms with E-state index < -0.39 is 20.8 Å². The van der Waals surface area contributed by atoms with Crippen molar-refractivity contribution in [2.75, 3.05) is 0 Å². The molecule has 0 aliphatic carbocycles. The zero-order valence-electron chi connectivity index (χ0n) is 25.1. The van der Waals surface area contributed by atoms with Crippen LogP contribution >= 0.6 is 17.0 Å². The number of hydrogen-bond donors (Lipinski definition) is 0. The van der Waals surface area contributed by atoms with Crippen LogP contribution in [0.4, 0.5) is 11.4 Å². The molecule has 4 aromatic carbocycles. The molecule has 3 nitrogen and oxygen atoms in total. The summed E-state index contributed by atoms with van der Waals surface area (Å²) in [5.41, 5.74) is 9.92. The van der Waals surface area contributed by atoms with Gasteiger partial charge in [-0.2, -0.15) is 0 Å². The molecule has 0 spiro atoms. The van der Waals surface area contributed by atoms with Gasteiger partial charge >= 0.3 is 37.9 Å². The van der Waals surface area contributed by atoms with E-state index in [1.54, 1.807) is 0 Å². The molecule has 0 radical (unpaired) electrons. The van der Waals surface area contributed by atoms with E-state index in [-0.39, 0.29) is 6.04 Å². The van der Waals surface area contributed by atoms with E-state index in [4.69, 9.17) is 32.6 Å². The topological polar surface area (TPSA) is 41.1 Å². The Kier molecular flexibility index (Phi) is 12.9. The average Bonchev–Trinajstić information content (AvgIpc) is 3.04. The third-order valence-electron chi connectivity index (χ3n) is 7.23. The Morgan fingerprint density at radius 1 is 0.628 bits per heavy atom. The van der Waals surface area contributed by atoms with E-state index in [0.717, 1.165) is 39.5 Å². The van der Waals surface area contributed by atoms with Gasteiger partial charge in [0.15, 0.2) is 0 Å². The third-order valence-corrected chi connectivity index (χ3v) is 7.23. The van der Waals surface area contributed by atoms with E-state index >= 15 is 0 Å². The number of pyridine rings is 1. The van der Waals surface area contributed by atoms with Crippen molar-refractivity contribution >= 4 is 28.4 Å². The fraction of sp³-hybridized carbons (Fsp3) is 0.216. The standard InChI is InChI=1S/C37H37N3.2ClH.Zr/c1-26(2)31-22-14-23-32(27(3)4)37(31)38-25-30-19-13-24-35(39-30)33-20-11-12-21-34(33)36(28-15-7-5-8-16-28)40-29-17-9-6-10-18-29;;;/h5-24,26-27,36H,25H2,1-4H3;2*1H;/q-2;;;+4/p-2. The van der Waals surface area contributed by atoms with Gasteiger partial charge in [0, 0.05) is 11.3 Å². The summed E-state index contributed by atoms with van der Waals surface area (Å²) >= 11 is -0.826. The fourth-order valence-electron chi connectivity index (χ4n) is 5.16. The van der Waals surface area contributed by atoms with Crippen molar-refractivity contribution in [1.29, 1.82) is 0 Å². The van der Waals surface area contributed by atoms with Gasteiger partial charge in [0.1, 0.15) is 0 Å². The molecule has 0 N–H and O–H groups in total. The Morgan fingerprint density at radius 3 is 1.79 bits per heavy atom. The van der Waals surface area contributed by atoms with Crippen LogP contribution in [-0.2, 0) is 27.4 Å². The number of para-hydroxylation sites is 2. The van der Waals surface area contributed by atoms with Gasteiger partial charge in [0.05, 0.1) is 5.69 Å². The zero-order chi connectivity index (χ0) is 30.6. The van der Waals surface area contributed by atoms with Crippen LogP contribution in [0.2, 0.25) is 0 Å². The zero-order valence-corrected chi connectivity index (χ0v) is 29.1. The van der Waals surface area contributed by atoms with Crippen molar-refractivity contribution in [3.63, 3.8) is 0 Å². The van der Waals surface area contributed by atoms with Crippen LogP contribution < -0.4 is 0 Å². The SMILES string of the molecule is CC(C)c1cccc(C(C)C)c1[N-]Cc1cccc(-c2ccccc2C([N-]c2ccccc2)c2ccccc2)n1.[Cl][Zr+2][Cl]. The second kappa shape index (κ2) is 16.8. The first-order chi connectivity index (χ1) is 20.9. The van der Waals surface area contributed by atoms with Crippen LogP contribution in [0.5, 0.6) is 0 Å². The average molecular weight is 686 g/mol. The molecule has 5 rings (SSSR count). The number of nitrogens with zero attached hydrogens (tertiary/aromatic N) is 3. The maximum absolute atomic E-state index is 5.19. The maximum atomic E-state index is 5.19. The summed E-state index contributed by atoms with van der Waals surface area (Å²) in [4.78, 5) is 5.12. The predicted molar refractivity (Wildman–Crippen MR) is 180 cm³/mol. The van der Waals surface area contributed by atoms with Crippen LogP contribution in [0.3, 0.4) is 0 Å². The van der Waals surface area contributed by atoms with Crippen LogP contribution in [0, 0.1) is 0 Å². The summed E-state index contributed by atoms with van der Waals surface area (Å²) in [5, 5.41) is 10.3. The second-order valence-electron chi connectivity index (χ2n) is 10.9. The van der Waals surface area contributed by atoms with Crippen molar-refractivity contribution in [1.82, 2.24) is 4.98 Å². The Bertz CT molecular complexity index is 1530. The van der Waals surface area contributed by atoms with Crippen LogP contribution in [0.1, 0.15) is 73.5 Å². The molecule has 1 heterocycles. The van der Waals surface area contributed by atoms with E-state index in [2.05, 4.69) is 125 Å². The van der Waals surface area contributed by atoms with Crippen molar-refractivity contribution < 1.29 is 20.8 Å². The van der Waals surface area contributed by atoms with E-state index in [0.29, 0.717) is 18.4 Å². The quantitative estimate of drug-likeness (QED) is 0.144. The van der Waals surface area contributed by atoms with Crippen molar-refractivity contribution in [2.24, 2.45) is 0 Å². The molecule has 1 aromatic heterocycles. The molecule has 43 heavy (non-hydrogen) atoms. The normalized spacial score (nSPS) is 11.3. The summed E-state index contributed by atoms with van der Waals surface area (Å²) < 4.78 is 0. The minimum atomic E-state index is -0.826. The summed E-state index contributed by atoms with van der Waals surface area (Å²) in [6, 6.07) is 41.9. The molecular formula is C37H37Cl2N3Zr. The third kappa shape index (κ3) is 9.05. The molecule has 0 aliphatic heterocycles. The first-order valence-electron chi connectivity index (χ1n) is 14.6. The number of hydrogen-bond acceptors (Lipinski definition) is 1. The molecule has 5 aromatic rings. The molecule has 0 amide bonds. The van der Waals surface area contributed by atoms with Gasteiger partial charge in [-0.05, 0) is 29.5 Å². The summed E-state index contributed by atoms with van der Waals surface area (Å²) in [6.07, 6.45) is 0. The minimum absolute atomic E-state index is 0.151. The molecule has 0 aliphatic rings. The Hall–Kier alpha value is -2.91. The molecule has 0 saturated heterocycles. The van der Waals surface area contributed by atoms with E-state index in [1.165, 1.54) is 11.1 Å². The van der Waals surface area contributed by atoms with Crippen molar-refractivity contribution in [2.45, 2.75) is 52.1 Å². The van der Waals surface area contributed by atoms with Gasteiger partial charge in [-0.15, -0.1) is 11.4 Å². The molecule has 0 bridgehead atoms. The van der Waals surface area contributed by atoms with Gasteiger partial charge in [-0.25, -0.2) is 0 Å². The second-order valence-corrected chi connectivity index (χ2v) is 14.6. The van der Waals surface area contributed by atoms with Crippen LogP contribution in [0.25, 0.3) is 21.9 Å². The predicted octanol–water partition coefficient (Wildman–Crippen LogP) is 12.4. The Labute approximate surface area is 275 Å². The summed E-state index contributed by atoms with van der Waals surface area (Å²) in [7, 11) is 9.87. The molecule has 0 saturated carbocycles. The Morgan fingerprint density at radius 2 is 1.16 bits per heavy atom. The fourth-order valence-corrected chi connectivity index (χ4v) is 5.16. The van der Waals surface area contributed by atoms with Gasteiger partial charge in [-0.1, -0.05) is 166 Å². The monoisotopic (exact) mass is 683 g/mol. The molecule has 1 unspecified atom stereocenters. The number of rotatable bonds is 10. The summed E-state index contributed by atoms with van der Waals surface area (Å²) in [6.45, 7) is 9.47. The van der Waals surface area contributed by atoms with Gasteiger partial charge in [0.25, 0.3) is 0 Å². The molecule has 218 valence electrons. The number of halogens is 2. The van der Waals surface area contributed by atoms with Crippen molar-refractivity contribution in [3.8, 4) is 11.3 Å². The van der Waals surface area contributed by atoms with Gasteiger partial charge in [-0.3, -0.25) is 4.98 Å². The van der Waals surface area contributed by atoms with Gasteiger partial charge in [0.2, 0.25) is 0 Å². The molecule has 0 fully saturated rings. The van der Waals surface area contributed by atoms with Crippen LogP contribution in [-0.4, -0.2) is 4.98 Å².